The molecule has 0 spiro atoms. The van der Waals surface area contributed by atoms with Crippen LogP contribution in [0.1, 0.15) is 6.92 Å². The van der Waals surface area contributed by atoms with Crippen LogP contribution in [-0.2, 0) is 4.74 Å². The fourth-order valence-corrected chi connectivity index (χ4v) is 1.66. The van der Waals surface area contributed by atoms with E-state index in [1.54, 1.807) is 17.8 Å². The van der Waals surface area contributed by atoms with Gasteiger partial charge < -0.3 is 16.2 Å². The highest BCUT2D eigenvalue weighted by Crippen LogP contribution is 2.17. The molecule has 0 bridgehead atoms. The Bertz CT molecular complexity index is 274. The first kappa shape index (κ1) is 11.1. The Hall–Kier alpha value is -1.01. The van der Waals surface area contributed by atoms with Crippen LogP contribution in [0.2, 0.25) is 0 Å². The van der Waals surface area contributed by atoms with Crippen LogP contribution in [0.3, 0.4) is 0 Å². The van der Waals surface area contributed by atoms with E-state index in [0.29, 0.717) is 12.4 Å². The largest absolute Gasteiger partial charge is 0.383 e. The van der Waals surface area contributed by atoms with Crippen LogP contribution in [0.5, 0.6) is 0 Å². The summed E-state index contributed by atoms with van der Waals surface area (Å²) in [7, 11) is 0. The number of hydrogen-bond acceptors (Lipinski definition) is 6. The van der Waals surface area contributed by atoms with Crippen LogP contribution in [0, 0.1) is 0 Å². The maximum Gasteiger partial charge on any atom is 0.223 e. The SMILES string of the molecule is CCOCCSc1cc(N)nc(N)n1. The number of aromatic nitrogens is 2. The molecule has 14 heavy (non-hydrogen) atoms. The summed E-state index contributed by atoms with van der Waals surface area (Å²) in [6.07, 6.45) is 0. The molecule has 78 valence electrons. The van der Waals surface area contributed by atoms with Gasteiger partial charge in [-0.3, -0.25) is 0 Å². The lowest BCUT2D eigenvalue weighted by Gasteiger charge is -2.02. The van der Waals surface area contributed by atoms with E-state index < -0.39 is 0 Å². The monoisotopic (exact) mass is 214 g/mol. The number of hydrogen-bond donors (Lipinski definition) is 2. The van der Waals surface area contributed by atoms with Crippen molar-refractivity contribution in [3.05, 3.63) is 6.07 Å². The van der Waals surface area contributed by atoms with Gasteiger partial charge in [0.25, 0.3) is 0 Å². The summed E-state index contributed by atoms with van der Waals surface area (Å²) in [6, 6.07) is 1.70. The van der Waals surface area contributed by atoms with Gasteiger partial charge >= 0.3 is 0 Å². The summed E-state index contributed by atoms with van der Waals surface area (Å²) in [4.78, 5) is 7.80. The molecule has 0 radical (unpaired) electrons. The van der Waals surface area contributed by atoms with E-state index in [9.17, 15) is 0 Å². The lowest BCUT2D eigenvalue weighted by Crippen LogP contribution is -2.01. The van der Waals surface area contributed by atoms with Crippen molar-refractivity contribution in [1.82, 2.24) is 9.97 Å². The van der Waals surface area contributed by atoms with Crippen molar-refractivity contribution in [2.75, 3.05) is 30.4 Å². The van der Waals surface area contributed by atoms with E-state index in [1.807, 2.05) is 6.92 Å². The second kappa shape index (κ2) is 5.66. The lowest BCUT2D eigenvalue weighted by molar-refractivity contribution is 0.164. The van der Waals surface area contributed by atoms with E-state index in [-0.39, 0.29) is 5.95 Å². The zero-order chi connectivity index (χ0) is 10.4. The molecule has 0 atom stereocenters. The highest BCUT2D eigenvalue weighted by Gasteiger charge is 1.99. The third-order valence-electron chi connectivity index (χ3n) is 1.42. The fraction of sp³-hybridized carbons (Fsp3) is 0.500. The normalized spacial score (nSPS) is 10.4. The topological polar surface area (TPSA) is 87.0 Å². The van der Waals surface area contributed by atoms with E-state index in [4.69, 9.17) is 16.2 Å². The van der Waals surface area contributed by atoms with Crippen LogP contribution < -0.4 is 11.5 Å². The smallest absolute Gasteiger partial charge is 0.223 e. The molecule has 1 aromatic heterocycles. The Morgan fingerprint density at radius 2 is 2.21 bits per heavy atom. The number of rotatable bonds is 5. The van der Waals surface area contributed by atoms with Gasteiger partial charge in [-0.25, -0.2) is 4.98 Å². The summed E-state index contributed by atoms with van der Waals surface area (Å²) < 4.78 is 5.19. The Morgan fingerprint density at radius 1 is 1.43 bits per heavy atom. The minimum atomic E-state index is 0.212. The Balaban J connectivity index is 2.42. The van der Waals surface area contributed by atoms with Gasteiger partial charge in [-0.15, -0.1) is 11.8 Å². The molecule has 0 fully saturated rings. The molecule has 1 rings (SSSR count). The maximum atomic E-state index is 5.51. The van der Waals surface area contributed by atoms with Crippen LogP contribution in [0.15, 0.2) is 11.1 Å². The average Bonchev–Trinajstić information content (AvgIpc) is 2.11. The molecule has 6 heteroatoms. The molecule has 0 saturated carbocycles. The molecule has 0 aliphatic rings. The highest BCUT2D eigenvalue weighted by molar-refractivity contribution is 7.99. The van der Waals surface area contributed by atoms with Crippen molar-refractivity contribution in [1.29, 1.82) is 0 Å². The highest BCUT2D eigenvalue weighted by atomic mass is 32.2. The van der Waals surface area contributed by atoms with Crippen molar-refractivity contribution in [3.8, 4) is 0 Å². The minimum absolute atomic E-state index is 0.212. The molecular weight excluding hydrogens is 200 g/mol. The first-order valence-electron chi connectivity index (χ1n) is 4.33. The fourth-order valence-electron chi connectivity index (χ4n) is 0.885. The van der Waals surface area contributed by atoms with Crippen LogP contribution in [0.25, 0.3) is 0 Å². The number of ether oxygens (including phenoxy) is 1. The van der Waals surface area contributed by atoms with E-state index in [0.717, 1.165) is 17.4 Å². The van der Waals surface area contributed by atoms with Crippen LogP contribution in [0.4, 0.5) is 11.8 Å². The van der Waals surface area contributed by atoms with Gasteiger partial charge in [0.1, 0.15) is 10.8 Å². The van der Waals surface area contributed by atoms with Crippen molar-refractivity contribution in [2.24, 2.45) is 0 Å². The standard InChI is InChI=1S/C8H14N4OS/c1-2-13-3-4-14-7-5-6(9)11-8(10)12-7/h5H,2-4H2,1H3,(H4,9,10,11,12). The molecule has 0 amide bonds. The Kier molecular flexibility index (Phi) is 4.48. The summed E-state index contributed by atoms with van der Waals surface area (Å²) in [6.45, 7) is 3.39. The summed E-state index contributed by atoms with van der Waals surface area (Å²) in [5.74, 6) is 1.45. The lowest BCUT2D eigenvalue weighted by atomic mass is 10.6. The van der Waals surface area contributed by atoms with E-state index in [1.165, 1.54) is 0 Å². The third kappa shape index (κ3) is 3.80. The van der Waals surface area contributed by atoms with Gasteiger partial charge in [0.2, 0.25) is 5.95 Å². The Labute approximate surface area is 87.2 Å². The molecule has 0 unspecified atom stereocenters. The quantitative estimate of drug-likeness (QED) is 0.427. The van der Waals surface area contributed by atoms with E-state index in [2.05, 4.69) is 9.97 Å². The predicted molar refractivity (Wildman–Crippen MR) is 58.1 cm³/mol. The van der Waals surface area contributed by atoms with Gasteiger partial charge in [-0.2, -0.15) is 4.98 Å². The predicted octanol–water partition coefficient (Wildman–Crippen LogP) is 0.770. The second-order valence-electron chi connectivity index (χ2n) is 2.53. The molecule has 5 nitrogen and oxygen atoms in total. The summed E-state index contributed by atoms with van der Waals surface area (Å²) in [5, 5.41) is 0.787. The molecule has 1 heterocycles. The van der Waals surface area contributed by atoms with Crippen molar-refractivity contribution in [3.63, 3.8) is 0 Å². The first-order valence-corrected chi connectivity index (χ1v) is 5.31. The second-order valence-corrected chi connectivity index (χ2v) is 3.65. The van der Waals surface area contributed by atoms with Gasteiger partial charge in [0.05, 0.1) is 6.61 Å². The van der Waals surface area contributed by atoms with Gasteiger partial charge in [0, 0.05) is 18.4 Å². The van der Waals surface area contributed by atoms with Gasteiger partial charge in [0.15, 0.2) is 0 Å². The Morgan fingerprint density at radius 3 is 2.86 bits per heavy atom. The number of nitrogens with zero attached hydrogens (tertiary/aromatic N) is 2. The van der Waals surface area contributed by atoms with E-state index >= 15 is 0 Å². The number of thioether (sulfide) groups is 1. The van der Waals surface area contributed by atoms with Crippen LogP contribution >= 0.6 is 11.8 Å². The maximum absolute atomic E-state index is 5.51. The molecule has 0 aliphatic carbocycles. The van der Waals surface area contributed by atoms with Gasteiger partial charge in [-0.1, -0.05) is 0 Å². The number of anilines is 2. The minimum Gasteiger partial charge on any atom is -0.383 e. The van der Waals surface area contributed by atoms with Crippen LogP contribution in [-0.4, -0.2) is 28.9 Å². The molecule has 1 aromatic rings. The number of nitrogens with two attached hydrogens (primary N) is 2. The molecule has 0 saturated heterocycles. The van der Waals surface area contributed by atoms with Crippen molar-refractivity contribution >= 4 is 23.5 Å². The zero-order valence-electron chi connectivity index (χ0n) is 8.06. The molecule has 0 aliphatic heterocycles. The molecule has 0 aromatic carbocycles. The summed E-state index contributed by atoms with van der Waals surface area (Å²) >= 11 is 1.55. The zero-order valence-corrected chi connectivity index (χ0v) is 8.88. The average molecular weight is 214 g/mol. The van der Waals surface area contributed by atoms with Gasteiger partial charge in [-0.05, 0) is 6.92 Å². The number of nitrogen functional groups attached to an aromatic ring is 2. The van der Waals surface area contributed by atoms with Crippen molar-refractivity contribution < 1.29 is 4.74 Å². The van der Waals surface area contributed by atoms with Crippen molar-refractivity contribution in [2.45, 2.75) is 11.9 Å². The molecule has 4 N–H and O–H groups in total. The first-order chi connectivity index (χ1) is 6.72. The summed E-state index contributed by atoms with van der Waals surface area (Å²) in [5.41, 5.74) is 11.0. The third-order valence-corrected chi connectivity index (χ3v) is 2.30. The molecular formula is C8H14N4OS.